The van der Waals surface area contributed by atoms with Crippen molar-refractivity contribution < 1.29 is 13.9 Å². The molecule has 2 unspecified atom stereocenters. The van der Waals surface area contributed by atoms with E-state index in [2.05, 4.69) is 49.5 Å². The number of aromatic nitrogens is 2. The zero-order valence-electron chi connectivity index (χ0n) is 18.1. The Morgan fingerprint density at radius 3 is 2.73 bits per heavy atom. The number of carbonyl (C=O) groups excluding carboxylic acids is 1. The van der Waals surface area contributed by atoms with Crippen molar-refractivity contribution in [3.05, 3.63) is 53.3 Å². The normalized spacial score (nSPS) is 18.5. The Kier molecular flexibility index (Phi) is 5.04. The van der Waals surface area contributed by atoms with E-state index in [0.29, 0.717) is 17.7 Å². The molecule has 1 saturated carbocycles. The summed E-state index contributed by atoms with van der Waals surface area (Å²) in [4.78, 5) is 12.6. The Morgan fingerprint density at radius 2 is 2.10 bits per heavy atom. The van der Waals surface area contributed by atoms with E-state index in [4.69, 9.17) is 4.74 Å². The van der Waals surface area contributed by atoms with Gasteiger partial charge in [-0.2, -0.15) is 5.10 Å². The molecule has 1 fully saturated rings. The van der Waals surface area contributed by atoms with Crippen LogP contribution in [0, 0.1) is 6.92 Å². The molecule has 1 amide bonds. The predicted molar refractivity (Wildman–Crippen MR) is 116 cm³/mol. The second-order valence-corrected chi connectivity index (χ2v) is 8.75. The lowest BCUT2D eigenvalue weighted by atomic mass is 9.83. The number of nitrogens with zero attached hydrogens (tertiary/aromatic N) is 2. The number of ether oxygens (including phenoxy) is 1. The molecule has 4 rings (SSSR count). The van der Waals surface area contributed by atoms with Crippen LogP contribution in [0.15, 0.2) is 36.7 Å². The van der Waals surface area contributed by atoms with E-state index in [1.165, 1.54) is 5.56 Å². The van der Waals surface area contributed by atoms with E-state index < -0.39 is 6.17 Å². The summed E-state index contributed by atoms with van der Waals surface area (Å²) in [6.07, 6.45) is 4.39. The number of halogens is 1. The van der Waals surface area contributed by atoms with E-state index in [1.807, 2.05) is 29.8 Å². The van der Waals surface area contributed by atoms with Crippen LogP contribution in [0.4, 0.5) is 4.39 Å². The molecule has 1 N–H and O–H groups in total. The first kappa shape index (κ1) is 20.4. The highest BCUT2D eigenvalue weighted by Gasteiger charge is 2.39. The van der Waals surface area contributed by atoms with Gasteiger partial charge in [-0.1, -0.05) is 32.9 Å². The van der Waals surface area contributed by atoms with Crippen LogP contribution in [0.1, 0.15) is 55.1 Å². The largest absolute Gasteiger partial charge is 0.496 e. The molecule has 5 nitrogen and oxygen atoms in total. The van der Waals surface area contributed by atoms with E-state index >= 15 is 0 Å². The number of pyridine rings is 1. The molecule has 0 bridgehead atoms. The third kappa shape index (κ3) is 3.55. The second-order valence-electron chi connectivity index (χ2n) is 8.75. The van der Waals surface area contributed by atoms with Crippen LogP contribution in [0.25, 0.3) is 16.6 Å². The third-order valence-electron chi connectivity index (χ3n) is 6.27. The molecule has 0 spiro atoms. The number of methoxy groups -OCH3 is 1. The first-order valence-corrected chi connectivity index (χ1v) is 10.4. The smallest absolute Gasteiger partial charge is 0.255 e. The number of carbonyl (C=O) groups is 1. The molecule has 30 heavy (non-hydrogen) atoms. The Hall–Kier alpha value is -2.89. The van der Waals surface area contributed by atoms with Gasteiger partial charge in [-0.05, 0) is 47.6 Å². The molecule has 6 heteroatoms. The molecule has 1 aliphatic rings. The lowest BCUT2D eigenvalue weighted by Crippen LogP contribution is -2.28. The van der Waals surface area contributed by atoms with Crippen molar-refractivity contribution in [2.24, 2.45) is 0 Å². The number of rotatable bonds is 6. The number of aryl methyl sites for hydroxylation is 1. The number of hydrogen-bond donors (Lipinski definition) is 1. The number of fused-ring (bicyclic) bond motifs is 1. The van der Waals surface area contributed by atoms with Crippen LogP contribution >= 0.6 is 0 Å². The first-order valence-electron chi connectivity index (χ1n) is 10.4. The van der Waals surface area contributed by atoms with Gasteiger partial charge < -0.3 is 10.1 Å². The molecule has 158 valence electrons. The van der Waals surface area contributed by atoms with Gasteiger partial charge in [0.1, 0.15) is 11.9 Å². The Morgan fingerprint density at radius 1 is 1.37 bits per heavy atom. The van der Waals surface area contributed by atoms with Crippen molar-refractivity contribution in [1.29, 1.82) is 0 Å². The second kappa shape index (κ2) is 7.42. The molecule has 2 atom stereocenters. The molecular weight excluding hydrogens is 381 g/mol. The van der Waals surface area contributed by atoms with Gasteiger partial charge in [0.25, 0.3) is 5.91 Å². The van der Waals surface area contributed by atoms with Crippen LogP contribution in [0.2, 0.25) is 0 Å². The highest BCUT2D eigenvalue weighted by Crippen LogP contribution is 2.35. The number of hydrogen-bond acceptors (Lipinski definition) is 3. The highest BCUT2D eigenvalue weighted by molar-refractivity contribution is 6.00. The maximum absolute atomic E-state index is 13.2. The van der Waals surface area contributed by atoms with Gasteiger partial charge in [-0.25, -0.2) is 8.91 Å². The lowest BCUT2D eigenvalue weighted by molar-refractivity contribution is 0.0944. The minimum Gasteiger partial charge on any atom is -0.496 e. The Labute approximate surface area is 176 Å². The third-order valence-corrected chi connectivity index (χ3v) is 6.27. The van der Waals surface area contributed by atoms with E-state index in [0.717, 1.165) is 28.6 Å². The Bertz CT molecular complexity index is 1120. The monoisotopic (exact) mass is 409 g/mol. The minimum absolute atomic E-state index is 0.0787. The molecule has 1 aliphatic carbocycles. The number of benzene rings is 1. The van der Waals surface area contributed by atoms with E-state index in [-0.39, 0.29) is 17.4 Å². The average Bonchev–Trinajstić information content (AvgIpc) is 3.24. The number of alkyl halides is 1. The summed E-state index contributed by atoms with van der Waals surface area (Å²) < 4.78 is 20.6. The lowest BCUT2D eigenvalue weighted by Gasteiger charge is -2.23. The molecule has 1 aromatic carbocycles. The van der Waals surface area contributed by atoms with Crippen molar-refractivity contribution in [2.75, 3.05) is 7.11 Å². The fourth-order valence-electron chi connectivity index (χ4n) is 3.73. The van der Waals surface area contributed by atoms with Crippen molar-refractivity contribution in [3.63, 3.8) is 0 Å². The van der Waals surface area contributed by atoms with Gasteiger partial charge in [-0.15, -0.1) is 0 Å². The Balaban J connectivity index is 1.73. The zero-order chi connectivity index (χ0) is 21.6. The summed E-state index contributed by atoms with van der Waals surface area (Å²) in [6, 6.07) is 7.66. The fraction of sp³-hybridized carbons (Fsp3) is 0.417. The van der Waals surface area contributed by atoms with Crippen molar-refractivity contribution >= 4 is 11.4 Å². The molecular formula is C24H28FN3O2. The molecule has 0 radical (unpaired) electrons. The van der Waals surface area contributed by atoms with Crippen molar-refractivity contribution in [1.82, 2.24) is 14.9 Å². The van der Waals surface area contributed by atoms with E-state index in [1.54, 1.807) is 7.11 Å². The summed E-state index contributed by atoms with van der Waals surface area (Å²) in [5.74, 6) is 0.175. The fourth-order valence-corrected chi connectivity index (χ4v) is 3.73. The maximum atomic E-state index is 13.2. The summed E-state index contributed by atoms with van der Waals surface area (Å²) >= 11 is 0. The van der Waals surface area contributed by atoms with Crippen LogP contribution in [-0.2, 0) is 5.41 Å². The number of amides is 1. The van der Waals surface area contributed by atoms with Crippen LogP contribution in [0.3, 0.4) is 0 Å². The minimum atomic E-state index is -0.944. The van der Waals surface area contributed by atoms with Crippen LogP contribution in [0.5, 0.6) is 5.75 Å². The molecule has 2 heterocycles. The summed E-state index contributed by atoms with van der Waals surface area (Å²) in [6.45, 7) is 8.50. The van der Waals surface area contributed by atoms with E-state index in [9.17, 15) is 9.18 Å². The molecule has 0 aliphatic heterocycles. The first-order chi connectivity index (χ1) is 14.2. The van der Waals surface area contributed by atoms with Crippen molar-refractivity contribution in [2.45, 2.75) is 58.2 Å². The van der Waals surface area contributed by atoms with Crippen molar-refractivity contribution in [3.8, 4) is 16.9 Å². The predicted octanol–water partition coefficient (Wildman–Crippen LogP) is 4.85. The summed E-state index contributed by atoms with van der Waals surface area (Å²) in [5, 5.41) is 7.29. The molecule has 0 saturated heterocycles. The summed E-state index contributed by atoms with van der Waals surface area (Å²) in [7, 11) is 1.54. The van der Waals surface area contributed by atoms with Crippen LogP contribution in [-0.4, -0.2) is 34.8 Å². The maximum Gasteiger partial charge on any atom is 0.255 e. The molecule has 2 aromatic heterocycles. The van der Waals surface area contributed by atoms with Gasteiger partial charge in [0, 0.05) is 18.2 Å². The average molecular weight is 410 g/mol. The van der Waals surface area contributed by atoms with Gasteiger partial charge in [0.15, 0.2) is 0 Å². The zero-order valence-corrected chi connectivity index (χ0v) is 18.1. The highest BCUT2D eigenvalue weighted by atomic mass is 19.1. The summed E-state index contributed by atoms with van der Waals surface area (Å²) in [5.41, 5.74) is 5.42. The van der Waals surface area contributed by atoms with Gasteiger partial charge in [0.2, 0.25) is 0 Å². The number of nitrogens with one attached hydrogen (secondary N) is 1. The van der Waals surface area contributed by atoms with Gasteiger partial charge >= 0.3 is 0 Å². The van der Waals surface area contributed by atoms with Gasteiger partial charge in [0.05, 0.1) is 30.4 Å². The SMILES string of the molecule is CCC(C)(C)c1ccc2c(-c3cc(C)c(C(=O)NC4CC4F)c(OC)c3)cnn2c1. The standard InChI is InChI=1S/C24H28FN3O2/c1-6-24(3,4)16-7-8-20-17(12-26-28(20)13-16)15-9-14(2)22(21(10-15)30-5)23(29)27-19-11-18(19)25/h7-10,12-13,18-19H,6,11H2,1-5H3,(H,27,29). The topological polar surface area (TPSA) is 55.6 Å². The molecule has 3 aromatic rings. The van der Waals surface area contributed by atoms with Gasteiger partial charge in [-0.3, -0.25) is 4.79 Å². The van der Waals surface area contributed by atoms with Crippen LogP contribution < -0.4 is 10.1 Å². The quantitative estimate of drug-likeness (QED) is 0.633.